The van der Waals surface area contributed by atoms with Crippen molar-refractivity contribution in [2.45, 2.75) is 59.2 Å². The van der Waals surface area contributed by atoms with Crippen LogP contribution < -0.4 is 20.1 Å². The average Bonchev–Trinajstić information content (AvgIpc) is 3.04. The van der Waals surface area contributed by atoms with Gasteiger partial charge in [0, 0.05) is 28.2 Å². The number of carbonyl (C=O) groups is 3. The highest BCUT2D eigenvalue weighted by molar-refractivity contribution is 9.10. The topological polar surface area (TPSA) is 114 Å². The summed E-state index contributed by atoms with van der Waals surface area (Å²) in [4.78, 5) is 42.4. The molecular weight excluding hydrogens is 672 g/mol. The van der Waals surface area contributed by atoms with Crippen molar-refractivity contribution in [3.8, 4) is 11.5 Å². The van der Waals surface area contributed by atoms with E-state index in [2.05, 4.69) is 26.6 Å². The summed E-state index contributed by atoms with van der Waals surface area (Å²) < 4.78 is 12.8. The number of aryl methyl sites for hydroxylation is 2. The lowest BCUT2D eigenvalue weighted by molar-refractivity contribution is -0.150. The maximum Gasteiger partial charge on any atom is 0.235 e. The van der Waals surface area contributed by atoms with Crippen LogP contribution in [0.4, 0.5) is 11.4 Å². The molecule has 48 heavy (non-hydrogen) atoms. The molecular formula is C39H41BrN2O6. The summed E-state index contributed by atoms with van der Waals surface area (Å²) in [6.07, 6.45) is -0.370. The highest BCUT2D eigenvalue weighted by atomic mass is 79.9. The van der Waals surface area contributed by atoms with Gasteiger partial charge in [0.1, 0.15) is 18.3 Å². The summed E-state index contributed by atoms with van der Waals surface area (Å²) in [5.74, 6) is -4.18. The third kappa shape index (κ3) is 7.32. The normalized spacial score (nSPS) is 20.6. The van der Waals surface area contributed by atoms with Gasteiger partial charge in [0.25, 0.3) is 0 Å². The van der Waals surface area contributed by atoms with Gasteiger partial charge in [0.2, 0.25) is 11.8 Å². The molecule has 0 aromatic heterocycles. The SMILES string of the molecule is COc1cc(C2C(C(=O)Nc3cccc(C)c3C)C(=O)CC(C)(O)C2C(=O)Nc2cccc(C)c2C)ccc1OCc1ccc(Br)cc1. The predicted molar refractivity (Wildman–Crippen MR) is 191 cm³/mol. The van der Waals surface area contributed by atoms with Gasteiger partial charge in [-0.1, -0.05) is 58.4 Å². The number of ether oxygens (including phenoxy) is 2. The molecule has 1 fully saturated rings. The molecule has 8 nitrogen and oxygen atoms in total. The molecule has 2 amide bonds. The number of methoxy groups -OCH3 is 1. The first-order valence-corrected chi connectivity index (χ1v) is 16.6. The zero-order chi connectivity index (χ0) is 34.7. The smallest absolute Gasteiger partial charge is 0.235 e. The first kappa shape index (κ1) is 34.9. The van der Waals surface area contributed by atoms with E-state index in [0.29, 0.717) is 28.4 Å². The Labute approximate surface area is 290 Å². The van der Waals surface area contributed by atoms with Crippen molar-refractivity contribution in [3.05, 3.63) is 117 Å². The van der Waals surface area contributed by atoms with Gasteiger partial charge in [-0.3, -0.25) is 14.4 Å². The molecule has 250 valence electrons. The van der Waals surface area contributed by atoms with Gasteiger partial charge in [-0.2, -0.15) is 0 Å². The second-order valence-corrected chi connectivity index (χ2v) is 13.7. The van der Waals surface area contributed by atoms with Crippen LogP contribution in [0.25, 0.3) is 0 Å². The maximum atomic E-state index is 14.3. The number of Topliss-reactive ketones (excluding diaryl/α,β-unsaturated/α-hetero) is 1. The molecule has 0 aliphatic heterocycles. The third-order valence-corrected chi connectivity index (χ3v) is 9.97. The van der Waals surface area contributed by atoms with E-state index in [0.717, 1.165) is 32.3 Å². The number of ketones is 1. The van der Waals surface area contributed by atoms with Gasteiger partial charge in [0.05, 0.1) is 18.6 Å². The summed E-state index contributed by atoms with van der Waals surface area (Å²) in [7, 11) is 1.50. The fourth-order valence-electron chi connectivity index (χ4n) is 6.44. The van der Waals surface area contributed by atoms with Crippen molar-refractivity contribution in [3.63, 3.8) is 0 Å². The Bertz CT molecular complexity index is 1850. The van der Waals surface area contributed by atoms with Crippen molar-refractivity contribution < 1.29 is 29.0 Å². The molecule has 0 spiro atoms. The monoisotopic (exact) mass is 712 g/mol. The first-order chi connectivity index (χ1) is 22.8. The Kier molecular flexibility index (Phi) is 10.4. The fourth-order valence-corrected chi connectivity index (χ4v) is 6.70. The Balaban J connectivity index is 1.57. The van der Waals surface area contributed by atoms with E-state index < -0.39 is 41.0 Å². The number of anilines is 2. The summed E-state index contributed by atoms with van der Waals surface area (Å²) in [6, 6.07) is 24.0. The number of carbonyl (C=O) groups excluding carboxylic acids is 3. The number of aliphatic hydroxyl groups is 1. The van der Waals surface area contributed by atoms with Crippen LogP contribution in [0.3, 0.4) is 0 Å². The molecule has 4 unspecified atom stereocenters. The van der Waals surface area contributed by atoms with Crippen molar-refractivity contribution in [2.75, 3.05) is 17.7 Å². The fraction of sp³-hybridized carbons (Fsp3) is 0.308. The first-order valence-electron chi connectivity index (χ1n) is 15.8. The minimum atomic E-state index is -1.76. The molecule has 0 heterocycles. The van der Waals surface area contributed by atoms with Crippen LogP contribution in [0.2, 0.25) is 0 Å². The Morgan fingerprint density at radius 1 is 0.854 bits per heavy atom. The van der Waals surface area contributed by atoms with E-state index in [4.69, 9.17) is 9.47 Å². The number of benzene rings is 4. The van der Waals surface area contributed by atoms with E-state index in [1.54, 1.807) is 30.3 Å². The standard InChI is InChI=1S/C39H41BrN2O6/c1-22-9-7-11-29(24(22)3)41-37(44)35-31(43)20-39(5,46)36(38(45)42-30-12-8-10-23(2)25(30)4)34(35)27-15-18-32(33(19-27)47-6)48-21-26-13-16-28(40)17-14-26/h7-19,34-36,46H,20-21H2,1-6H3,(H,41,44)(H,42,45). The van der Waals surface area contributed by atoms with E-state index in [1.165, 1.54) is 14.0 Å². The summed E-state index contributed by atoms with van der Waals surface area (Å²) >= 11 is 3.44. The number of amides is 2. The van der Waals surface area contributed by atoms with Gasteiger partial charge in [-0.15, -0.1) is 0 Å². The predicted octanol–water partition coefficient (Wildman–Crippen LogP) is 7.59. The average molecular weight is 714 g/mol. The molecule has 4 aromatic rings. The van der Waals surface area contributed by atoms with E-state index >= 15 is 0 Å². The zero-order valence-corrected chi connectivity index (χ0v) is 29.6. The van der Waals surface area contributed by atoms with Crippen molar-refractivity contribution in [2.24, 2.45) is 11.8 Å². The van der Waals surface area contributed by atoms with Crippen LogP contribution in [0.1, 0.15) is 52.6 Å². The maximum absolute atomic E-state index is 14.3. The lowest BCUT2D eigenvalue weighted by atomic mass is 9.61. The largest absolute Gasteiger partial charge is 0.493 e. The van der Waals surface area contributed by atoms with E-state index in [9.17, 15) is 19.5 Å². The highest BCUT2D eigenvalue weighted by Gasteiger charge is 2.56. The highest BCUT2D eigenvalue weighted by Crippen LogP contribution is 2.48. The molecule has 9 heteroatoms. The second-order valence-electron chi connectivity index (χ2n) is 12.8. The Hall–Kier alpha value is -4.47. The van der Waals surface area contributed by atoms with Crippen LogP contribution in [0, 0.1) is 39.5 Å². The number of rotatable bonds is 9. The Morgan fingerprint density at radius 2 is 1.44 bits per heavy atom. The molecule has 5 rings (SSSR count). The minimum Gasteiger partial charge on any atom is -0.493 e. The molecule has 4 atom stereocenters. The lowest BCUT2D eigenvalue weighted by Gasteiger charge is -2.44. The quantitative estimate of drug-likeness (QED) is 0.154. The van der Waals surface area contributed by atoms with Crippen LogP contribution in [-0.2, 0) is 21.0 Å². The molecule has 4 aromatic carbocycles. The van der Waals surface area contributed by atoms with E-state index in [-0.39, 0.29) is 13.0 Å². The van der Waals surface area contributed by atoms with Gasteiger partial charge < -0.3 is 25.2 Å². The molecule has 3 N–H and O–H groups in total. The minimum absolute atomic E-state index is 0.279. The van der Waals surface area contributed by atoms with Crippen LogP contribution >= 0.6 is 15.9 Å². The van der Waals surface area contributed by atoms with Gasteiger partial charge in [0.15, 0.2) is 11.5 Å². The molecule has 0 bridgehead atoms. The molecule has 1 saturated carbocycles. The number of halogens is 1. The molecule has 1 aliphatic carbocycles. The van der Waals surface area contributed by atoms with Crippen molar-refractivity contribution in [1.82, 2.24) is 0 Å². The second kappa shape index (κ2) is 14.3. The number of nitrogens with one attached hydrogen (secondary N) is 2. The van der Waals surface area contributed by atoms with Crippen LogP contribution in [0.5, 0.6) is 11.5 Å². The summed E-state index contributed by atoms with van der Waals surface area (Å²) in [5.41, 5.74) is 4.57. The molecule has 0 saturated heterocycles. The van der Waals surface area contributed by atoms with Gasteiger partial charge >= 0.3 is 0 Å². The number of hydrogen-bond donors (Lipinski definition) is 3. The zero-order valence-electron chi connectivity index (χ0n) is 28.0. The number of hydrogen-bond acceptors (Lipinski definition) is 6. The van der Waals surface area contributed by atoms with Crippen molar-refractivity contribution >= 4 is 44.9 Å². The van der Waals surface area contributed by atoms with E-state index in [1.807, 2.05) is 76.2 Å². The lowest BCUT2D eigenvalue weighted by Crippen LogP contribution is -2.56. The Morgan fingerprint density at radius 3 is 2.02 bits per heavy atom. The van der Waals surface area contributed by atoms with Crippen molar-refractivity contribution in [1.29, 1.82) is 0 Å². The summed E-state index contributed by atoms with van der Waals surface area (Å²) in [6.45, 7) is 9.45. The summed E-state index contributed by atoms with van der Waals surface area (Å²) in [5, 5.41) is 17.8. The van der Waals surface area contributed by atoms with Gasteiger partial charge in [-0.05, 0) is 104 Å². The van der Waals surface area contributed by atoms with Gasteiger partial charge in [-0.25, -0.2) is 0 Å². The van der Waals surface area contributed by atoms with Crippen LogP contribution in [0.15, 0.2) is 83.3 Å². The third-order valence-electron chi connectivity index (χ3n) is 9.44. The molecule has 1 aliphatic rings. The molecule has 0 radical (unpaired) electrons. The van der Waals surface area contributed by atoms with Crippen LogP contribution in [-0.4, -0.2) is 35.4 Å².